The van der Waals surface area contributed by atoms with Gasteiger partial charge in [-0.25, -0.2) is 0 Å². The lowest BCUT2D eigenvalue weighted by Crippen LogP contribution is -2.53. The van der Waals surface area contributed by atoms with E-state index < -0.39 is 0 Å². The van der Waals surface area contributed by atoms with E-state index in [2.05, 4.69) is 47.2 Å². The van der Waals surface area contributed by atoms with Gasteiger partial charge in [-0.05, 0) is 35.7 Å². The van der Waals surface area contributed by atoms with Crippen molar-refractivity contribution in [3.8, 4) is 0 Å². The molecule has 2 unspecified atom stereocenters. The van der Waals surface area contributed by atoms with E-state index in [1.54, 1.807) is 7.11 Å². The highest BCUT2D eigenvalue weighted by Gasteiger charge is 2.33. The molecule has 0 aliphatic heterocycles. The fourth-order valence-electron chi connectivity index (χ4n) is 2.22. The number of aryl methyl sites for hydroxylation is 2. The molecule has 19 heavy (non-hydrogen) atoms. The number of ether oxygens (including phenoxy) is 1. The zero-order valence-corrected chi connectivity index (χ0v) is 14.0. The molecule has 1 aromatic rings. The van der Waals surface area contributed by atoms with Crippen molar-refractivity contribution in [3.63, 3.8) is 0 Å². The molecule has 0 aromatic carbocycles. The van der Waals surface area contributed by atoms with E-state index in [1.165, 1.54) is 0 Å². The van der Waals surface area contributed by atoms with Gasteiger partial charge in [-0.1, -0.05) is 13.8 Å². The Morgan fingerprint density at radius 3 is 2.53 bits per heavy atom. The highest BCUT2D eigenvalue weighted by atomic mass is 79.9. The minimum absolute atomic E-state index is 0.0268. The van der Waals surface area contributed by atoms with Gasteiger partial charge in [-0.2, -0.15) is 5.10 Å². The molecule has 6 heteroatoms. The maximum Gasteiger partial charge on any atom is 0.0817 e. The van der Waals surface area contributed by atoms with Crippen molar-refractivity contribution < 1.29 is 4.74 Å². The number of rotatable bonds is 7. The average Bonchev–Trinajstić information content (AvgIpc) is 2.70. The molecule has 1 heterocycles. The number of aromatic nitrogens is 2. The first-order valence-electron chi connectivity index (χ1n) is 6.64. The average molecular weight is 333 g/mol. The van der Waals surface area contributed by atoms with E-state index in [9.17, 15) is 0 Å². The maximum atomic E-state index is 5.72. The first-order chi connectivity index (χ1) is 8.93. The molecule has 0 spiro atoms. The minimum Gasteiger partial charge on any atom is -0.377 e. The smallest absolute Gasteiger partial charge is 0.0817 e. The number of nitrogens with zero attached hydrogens (tertiary/aromatic N) is 2. The van der Waals surface area contributed by atoms with Gasteiger partial charge >= 0.3 is 0 Å². The van der Waals surface area contributed by atoms with Crippen LogP contribution in [0.25, 0.3) is 0 Å². The van der Waals surface area contributed by atoms with Crippen molar-refractivity contribution in [2.24, 2.45) is 12.9 Å². The van der Waals surface area contributed by atoms with Gasteiger partial charge in [0.25, 0.3) is 0 Å². The van der Waals surface area contributed by atoms with Crippen molar-refractivity contribution in [1.82, 2.24) is 15.2 Å². The minimum atomic E-state index is -0.301. The molecule has 0 bridgehead atoms. The lowest BCUT2D eigenvalue weighted by atomic mass is 9.90. The first kappa shape index (κ1) is 16.6. The summed E-state index contributed by atoms with van der Waals surface area (Å²) in [5.74, 6) is 5.72. The van der Waals surface area contributed by atoms with Crippen LogP contribution >= 0.6 is 15.9 Å². The summed E-state index contributed by atoms with van der Waals surface area (Å²) >= 11 is 3.64. The predicted molar refractivity (Wildman–Crippen MR) is 80.8 cm³/mol. The van der Waals surface area contributed by atoms with Gasteiger partial charge in [-0.3, -0.25) is 16.0 Å². The van der Waals surface area contributed by atoms with E-state index in [1.807, 2.05) is 11.7 Å². The number of nitrogens with one attached hydrogen (secondary N) is 1. The summed E-state index contributed by atoms with van der Waals surface area (Å²) in [6.45, 7) is 6.27. The van der Waals surface area contributed by atoms with Crippen LogP contribution in [0.1, 0.15) is 38.6 Å². The summed E-state index contributed by atoms with van der Waals surface area (Å²) < 4.78 is 8.63. The highest BCUT2D eigenvalue weighted by Crippen LogP contribution is 2.27. The summed E-state index contributed by atoms with van der Waals surface area (Å²) in [6.07, 6.45) is 2.55. The van der Waals surface area contributed by atoms with E-state index in [0.29, 0.717) is 0 Å². The highest BCUT2D eigenvalue weighted by molar-refractivity contribution is 9.10. The van der Waals surface area contributed by atoms with Gasteiger partial charge in [0.15, 0.2) is 0 Å². The van der Waals surface area contributed by atoms with Crippen LogP contribution in [0.4, 0.5) is 0 Å². The Hall–Kier alpha value is -0.430. The van der Waals surface area contributed by atoms with E-state index >= 15 is 0 Å². The SMILES string of the molecule is CCc1nn(C)c(CC(NN)C(C)(CC)OC)c1Br. The zero-order valence-electron chi connectivity index (χ0n) is 12.5. The van der Waals surface area contributed by atoms with E-state index in [0.717, 1.165) is 35.1 Å². The Morgan fingerprint density at radius 1 is 1.53 bits per heavy atom. The fourth-order valence-corrected chi connectivity index (χ4v) is 3.00. The second-order valence-corrected chi connectivity index (χ2v) is 5.77. The molecule has 1 rings (SSSR count). The number of hydrogen-bond donors (Lipinski definition) is 2. The molecule has 3 N–H and O–H groups in total. The van der Waals surface area contributed by atoms with Gasteiger partial charge < -0.3 is 4.74 Å². The molecule has 1 aromatic heterocycles. The van der Waals surface area contributed by atoms with Crippen LogP contribution in [0.15, 0.2) is 4.47 Å². The van der Waals surface area contributed by atoms with Gasteiger partial charge in [-0.15, -0.1) is 0 Å². The second-order valence-electron chi connectivity index (χ2n) is 4.98. The monoisotopic (exact) mass is 332 g/mol. The summed E-state index contributed by atoms with van der Waals surface area (Å²) in [5, 5.41) is 4.51. The Balaban J connectivity index is 3.02. The summed E-state index contributed by atoms with van der Waals surface area (Å²) in [7, 11) is 3.69. The normalized spacial score (nSPS) is 16.4. The van der Waals surface area contributed by atoms with Gasteiger partial charge in [0.1, 0.15) is 0 Å². The number of nitrogens with two attached hydrogens (primary N) is 1. The molecule has 0 aliphatic rings. The van der Waals surface area contributed by atoms with Gasteiger partial charge in [0, 0.05) is 20.6 Å². The molecule has 5 nitrogen and oxygen atoms in total. The third-order valence-corrected chi connectivity index (χ3v) is 4.92. The van der Waals surface area contributed by atoms with Gasteiger partial charge in [0.2, 0.25) is 0 Å². The molecular weight excluding hydrogens is 308 g/mol. The largest absolute Gasteiger partial charge is 0.377 e. The van der Waals surface area contributed by atoms with Crippen LogP contribution in [0.5, 0.6) is 0 Å². The lowest BCUT2D eigenvalue weighted by molar-refractivity contribution is -0.0292. The van der Waals surface area contributed by atoms with Crippen molar-refractivity contribution in [2.75, 3.05) is 7.11 Å². The fraction of sp³-hybridized carbons (Fsp3) is 0.769. The zero-order chi connectivity index (χ0) is 14.6. The Bertz CT molecular complexity index is 415. The predicted octanol–water partition coefficient (Wildman–Crippen LogP) is 1.93. The van der Waals surface area contributed by atoms with Crippen LogP contribution in [0.2, 0.25) is 0 Å². The number of hydrazine groups is 1. The molecule has 0 aliphatic carbocycles. The van der Waals surface area contributed by atoms with Crippen LogP contribution in [0, 0.1) is 0 Å². The lowest BCUT2D eigenvalue weighted by Gasteiger charge is -2.35. The third kappa shape index (κ3) is 3.37. The van der Waals surface area contributed by atoms with Crippen LogP contribution in [-0.2, 0) is 24.6 Å². The number of hydrogen-bond acceptors (Lipinski definition) is 4. The molecule has 0 saturated heterocycles. The van der Waals surface area contributed by atoms with Crippen molar-refractivity contribution >= 4 is 15.9 Å². The summed E-state index contributed by atoms with van der Waals surface area (Å²) in [6, 6.07) is 0.0268. The Kier molecular flexibility index (Phi) is 5.98. The van der Waals surface area contributed by atoms with Gasteiger partial charge in [0.05, 0.1) is 27.5 Å². The molecule has 0 fully saturated rings. The number of methoxy groups -OCH3 is 1. The molecule has 0 amide bonds. The topological polar surface area (TPSA) is 65.1 Å². The third-order valence-electron chi connectivity index (χ3n) is 4.01. The molecule has 0 radical (unpaired) electrons. The molecular formula is C13H25BrN4O. The second kappa shape index (κ2) is 6.83. The first-order valence-corrected chi connectivity index (χ1v) is 7.44. The molecule has 0 saturated carbocycles. The summed E-state index contributed by atoms with van der Waals surface area (Å²) in [4.78, 5) is 0. The molecule has 110 valence electrons. The van der Waals surface area contributed by atoms with Crippen molar-refractivity contribution in [3.05, 3.63) is 15.9 Å². The summed E-state index contributed by atoms with van der Waals surface area (Å²) in [5.41, 5.74) is 4.80. The van der Waals surface area contributed by atoms with Crippen LogP contribution in [-0.4, -0.2) is 28.5 Å². The van der Waals surface area contributed by atoms with Crippen LogP contribution < -0.4 is 11.3 Å². The standard InChI is InChI=1S/C13H25BrN4O/c1-6-9-12(14)10(18(4)17-9)8-11(16-15)13(3,7-2)19-5/h11,16H,6-8,15H2,1-5H3. The van der Waals surface area contributed by atoms with Crippen molar-refractivity contribution in [1.29, 1.82) is 0 Å². The molecule has 2 atom stereocenters. The van der Waals surface area contributed by atoms with Crippen molar-refractivity contribution in [2.45, 2.75) is 51.7 Å². The number of halogens is 1. The Labute approximate surface area is 124 Å². The Morgan fingerprint density at radius 2 is 2.16 bits per heavy atom. The quantitative estimate of drug-likeness (QED) is 0.591. The van der Waals surface area contributed by atoms with Crippen LogP contribution in [0.3, 0.4) is 0 Å². The maximum absolute atomic E-state index is 5.72. The van der Waals surface area contributed by atoms with E-state index in [-0.39, 0.29) is 11.6 Å². The van der Waals surface area contributed by atoms with E-state index in [4.69, 9.17) is 10.6 Å².